The van der Waals surface area contributed by atoms with E-state index in [1.807, 2.05) is 0 Å². The molecule has 0 spiro atoms. The number of alkyl halides is 3. The van der Waals surface area contributed by atoms with Gasteiger partial charge in [-0.3, -0.25) is 4.79 Å². The monoisotopic (exact) mass is 318 g/mol. The Morgan fingerprint density at radius 1 is 1.29 bits per heavy atom. The molecule has 0 aliphatic carbocycles. The third kappa shape index (κ3) is 3.33. The number of thiophene rings is 1. The van der Waals surface area contributed by atoms with Crippen LogP contribution in [0.3, 0.4) is 0 Å². The van der Waals surface area contributed by atoms with Crippen molar-refractivity contribution in [2.24, 2.45) is 0 Å². The highest BCUT2D eigenvalue weighted by Crippen LogP contribution is 2.33. The number of carbonyl (C=O) groups excluding carboxylic acids is 1. The molecule has 21 heavy (non-hydrogen) atoms. The highest BCUT2D eigenvalue weighted by molar-refractivity contribution is 7.14. The van der Waals surface area contributed by atoms with E-state index in [0.29, 0.717) is 17.8 Å². The van der Waals surface area contributed by atoms with Crippen LogP contribution in [0.15, 0.2) is 24.3 Å². The van der Waals surface area contributed by atoms with Crippen molar-refractivity contribution in [3.63, 3.8) is 0 Å². The Labute approximate surface area is 121 Å². The molecule has 2 rings (SSSR count). The first kappa shape index (κ1) is 15.3. The maximum absolute atomic E-state index is 13.1. The second-order valence-corrected chi connectivity index (χ2v) is 5.53. The zero-order chi connectivity index (χ0) is 15.8. The Bertz CT molecular complexity index is 674. The molecule has 2 aromatic rings. The van der Waals surface area contributed by atoms with Crippen molar-refractivity contribution in [1.82, 2.24) is 0 Å². The Kier molecular flexibility index (Phi) is 3.91. The average Bonchev–Trinajstić information content (AvgIpc) is 2.71. The van der Waals surface area contributed by atoms with Gasteiger partial charge in [0.15, 0.2) is 0 Å². The number of rotatable bonds is 2. The molecule has 1 aromatic carbocycles. The van der Waals surface area contributed by atoms with Gasteiger partial charge in [0.25, 0.3) is 5.91 Å². The van der Waals surface area contributed by atoms with Gasteiger partial charge < -0.3 is 11.1 Å². The van der Waals surface area contributed by atoms with E-state index >= 15 is 0 Å². The summed E-state index contributed by atoms with van der Waals surface area (Å²) in [5.41, 5.74) is 4.47. The van der Waals surface area contributed by atoms with Gasteiger partial charge >= 0.3 is 6.18 Å². The average molecular weight is 318 g/mol. The Morgan fingerprint density at radius 2 is 1.95 bits per heavy atom. The second kappa shape index (κ2) is 5.36. The van der Waals surface area contributed by atoms with Crippen LogP contribution in [0.2, 0.25) is 0 Å². The van der Waals surface area contributed by atoms with Crippen molar-refractivity contribution >= 4 is 28.6 Å². The van der Waals surface area contributed by atoms with E-state index in [-0.39, 0.29) is 10.6 Å². The number of anilines is 2. The molecule has 3 nitrogen and oxygen atoms in total. The Balaban J connectivity index is 2.26. The standard InChI is InChI=1S/C13H10F4N2OS/c1-6-10(18)5-11(21-6)12(20)19-7-2-3-9(14)8(4-7)13(15,16)17/h2-5H,18H2,1H3,(H,19,20). The van der Waals surface area contributed by atoms with Gasteiger partial charge in [0.05, 0.1) is 10.4 Å². The molecule has 0 saturated carbocycles. The molecule has 1 amide bonds. The van der Waals surface area contributed by atoms with E-state index in [4.69, 9.17) is 5.73 Å². The van der Waals surface area contributed by atoms with Gasteiger partial charge in [-0.1, -0.05) is 0 Å². The van der Waals surface area contributed by atoms with Crippen LogP contribution >= 0.6 is 11.3 Å². The van der Waals surface area contributed by atoms with Gasteiger partial charge in [-0.25, -0.2) is 4.39 Å². The molecule has 0 atom stereocenters. The minimum atomic E-state index is -4.82. The third-order valence-corrected chi connectivity index (χ3v) is 3.77. The zero-order valence-electron chi connectivity index (χ0n) is 10.7. The first-order valence-electron chi connectivity index (χ1n) is 5.72. The number of nitrogens with one attached hydrogen (secondary N) is 1. The van der Waals surface area contributed by atoms with Gasteiger partial charge in [0.2, 0.25) is 0 Å². The summed E-state index contributed by atoms with van der Waals surface area (Å²) in [6.45, 7) is 1.72. The fourth-order valence-electron chi connectivity index (χ4n) is 1.62. The predicted octanol–water partition coefficient (Wildman–Crippen LogP) is 4.05. The molecule has 0 unspecified atom stereocenters. The number of aryl methyl sites for hydroxylation is 1. The number of halogens is 4. The van der Waals surface area contributed by atoms with E-state index in [1.54, 1.807) is 6.92 Å². The maximum atomic E-state index is 13.1. The minimum Gasteiger partial charge on any atom is -0.398 e. The van der Waals surface area contributed by atoms with E-state index in [9.17, 15) is 22.4 Å². The third-order valence-electron chi connectivity index (χ3n) is 2.71. The minimum absolute atomic E-state index is 0.140. The predicted molar refractivity (Wildman–Crippen MR) is 72.8 cm³/mol. The molecule has 1 aromatic heterocycles. The van der Waals surface area contributed by atoms with Gasteiger partial charge in [0.1, 0.15) is 5.82 Å². The molecule has 0 saturated heterocycles. The van der Waals surface area contributed by atoms with Crippen LogP contribution in [0.5, 0.6) is 0 Å². The second-order valence-electron chi connectivity index (χ2n) is 4.27. The summed E-state index contributed by atoms with van der Waals surface area (Å²) < 4.78 is 50.9. The van der Waals surface area contributed by atoms with Crippen molar-refractivity contribution < 1.29 is 22.4 Å². The van der Waals surface area contributed by atoms with Crippen LogP contribution in [0, 0.1) is 12.7 Å². The number of hydrogen-bond acceptors (Lipinski definition) is 3. The van der Waals surface area contributed by atoms with Crippen molar-refractivity contribution in [3.8, 4) is 0 Å². The molecular formula is C13H10F4N2OS. The molecule has 1 heterocycles. The van der Waals surface area contributed by atoms with Crippen molar-refractivity contribution in [1.29, 1.82) is 0 Å². The number of amides is 1. The van der Waals surface area contributed by atoms with Crippen LogP contribution in [0.1, 0.15) is 20.1 Å². The highest BCUT2D eigenvalue weighted by Gasteiger charge is 2.34. The summed E-state index contributed by atoms with van der Waals surface area (Å²) in [5.74, 6) is -1.99. The van der Waals surface area contributed by atoms with Gasteiger partial charge in [-0.05, 0) is 31.2 Å². The van der Waals surface area contributed by atoms with E-state index in [2.05, 4.69) is 5.32 Å². The molecule has 0 radical (unpaired) electrons. The summed E-state index contributed by atoms with van der Waals surface area (Å²) in [7, 11) is 0. The molecule has 0 fully saturated rings. The summed E-state index contributed by atoms with van der Waals surface area (Å²) >= 11 is 1.12. The first-order valence-corrected chi connectivity index (χ1v) is 6.54. The maximum Gasteiger partial charge on any atom is 0.419 e. The van der Waals surface area contributed by atoms with Crippen LogP contribution in [-0.4, -0.2) is 5.91 Å². The summed E-state index contributed by atoms with van der Waals surface area (Å²) in [6, 6.07) is 3.71. The lowest BCUT2D eigenvalue weighted by Gasteiger charge is -2.10. The van der Waals surface area contributed by atoms with Crippen LogP contribution in [-0.2, 0) is 6.18 Å². The number of nitrogens with two attached hydrogens (primary N) is 1. The van der Waals surface area contributed by atoms with Crippen molar-refractivity contribution in [2.45, 2.75) is 13.1 Å². The van der Waals surface area contributed by atoms with Gasteiger partial charge in [0, 0.05) is 16.3 Å². The fraction of sp³-hybridized carbons (Fsp3) is 0.154. The van der Waals surface area contributed by atoms with E-state index in [0.717, 1.165) is 22.3 Å². The molecule has 0 aliphatic heterocycles. The van der Waals surface area contributed by atoms with Crippen molar-refractivity contribution in [3.05, 3.63) is 45.4 Å². The molecule has 8 heteroatoms. The normalized spacial score (nSPS) is 11.5. The smallest absolute Gasteiger partial charge is 0.398 e. The quantitative estimate of drug-likeness (QED) is 0.821. The Morgan fingerprint density at radius 3 is 2.48 bits per heavy atom. The number of benzene rings is 1. The van der Waals surface area contributed by atoms with E-state index in [1.165, 1.54) is 6.07 Å². The molecule has 0 bridgehead atoms. The van der Waals surface area contributed by atoms with Gasteiger partial charge in [-0.15, -0.1) is 11.3 Å². The topological polar surface area (TPSA) is 55.1 Å². The zero-order valence-corrected chi connectivity index (χ0v) is 11.5. The number of hydrogen-bond donors (Lipinski definition) is 2. The van der Waals surface area contributed by atoms with Crippen molar-refractivity contribution in [2.75, 3.05) is 11.1 Å². The summed E-state index contributed by atoms with van der Waals surface area (Å²) in [6.07, 6.45) is -4.82. The lowest BCUT2D eigenvalue weighted by molar-refractivity contribution is -0.139. The summed E-state index contributed by atoms with van der Waals surface area (Å²) in [5, 5.41) is 2.29. The van der Waals surface area contributed by atoms with Crippen LogP contribution in [0.4, 0.5) is 28.9 Å². The lowest BCUT2D eigenvalue weighted by Crippen LogP contribution is -2.13. The highest BCUT2D eigenvalue weighted by atomic mass is 32.1. The number of nitrogen functional groups attached to an aromatic ring is 1. The molecule has 3 N–H and O–H groups in total. The molecule has 0 aliphatic rings. The lowest BCUT2D eigenvalue weighted by atomic mass is 10.2. The van der Waals surface area contributed by atoms with E-state index < -0.39 is 23.5 Å². The largest absolute Gasteiger partial charge is 0.419 e. The molecular weight excluding hydrogens is 308 g/mol. The van der Waals surface area contributed by atoms with Gasteiger partial charge in [-0.2, -0.15) is 13.2 Å². The fourth-order valence-corrected chi connectivity index (χ4v) is 2.46. The SMILES string of the molecule is Cc1sc(C(=O)Nc2ccc(F)c(C(F)(F)F)c2)cc1N. The molecule has 112 valence electrons. The summed E-state index contributed by atoms with van der Waals surface area (Å²) in [4.78, 5) is 12.9. The van der Waals surface area contributed by atoms with Crippen LogP contribution in [0.25, 0.3) is 0 Å². The van der Waals surface area contributed by atoms with Crippen LogP contribution < -0.4 is 11.1 Å². The Hall–Kier alpha value is -2.09. The number of carbonyl (C=O) groups is 1. The first-order chi connectivity index (χ1) is 9.68.